The minimum Gasteiger partial charge on any atom is -0.497 e. The fourth-order valence-corrected chi connectivity index (χ4v) is 3.22. The van der Waals surface area contributed by atoms with Crippen molar-refractivity contribution in [2.75, 3.05) is 19.0 Å². The highest BCUT2D eigenvalue weighted by Crippen LogP contribution is 2.28. The lowest BCUT2D eigenvalue weighted by atomic mass is 10.1. The predicted octanol–water partition coefficient (Wildman–Crippen LogP) is 3.91. The monoisotopic (exact) mass is 497 g/mol. The standard InChI is InChI=1S/C24H20ClN3O7/c1-34-18-9-5-8-16(12-18)23(30)26-14-21(29)35-22(15-6-3-2-4-7-15)24(31)27-17-10-11-19(25)20(13-17)28(32)33/h2-13,22H,14H2,1H3,(H,26,30)(H,27,31). The van der Waals surface area contributed by atoms with Crippen LogP contribution in [-0.4, -0.2) is 36.4 Å². The van der Waals surface area contributed by atoms with E-state index in [0.29, 0.717) is 11.3 Å². The van der Waals surface area contributed by atoms with Crippen molar-refractivity contribution in [2.45, 2.75) is 6.10 Å². The van der Waals surface area contributed by atoms with Gasteiger partial charge in [-0.2, -0.15) is 0 Å². The van der Waals surface area contributed by atoms with Crippen LogP contribution >= 0.6 is 11.6 Å². The largest absolute Gasteiger partial charge is 0.497 e. The van der Waals surface area contributed by atoms with Crippen LogP contribution < -0.4 is 15.4 Å². The number of amides is 2. The highest BCUT2D eigenvalue weighted by atomic mass is 35.5. The van der Waals surface area contributed by atoms with Crippen molar-refractivity contribution in [1.29, 1.82) is 0 Å². The molecular formula is C24H20ClN3O7. The quantitative estimate of drug-likeness (QED) is 0.260. The topological polar surface area (TPSA) is 137 Å². The van der Waals surface area contributed by atoms with E-state index in [-0.39, 0.29) is 16.3 Å². The molecule has 1 atom stereocenters. The second-order valence-corrected chi connectivity index (χ2v) is 7.51. The van der Waals surface area contributed by atoms with E-state index in [1.165, 1.54) is 25.3 Å². The van der Waals surface area contributed by atoms with Gasteiger partial charge in [0.1, 0.15) is 17.3 Å². The molecule has 0 saturated heterocycles. The van der Waals surface area contributed by atoms with E-state index in [4.69, 9.17) is 21.1 Å². The number of hydrogen-bond donors (Lipinski definition) is 2. The first kappa shape index (κ1) is 25.2. The first-order valence-corrected chi connectivity index (χ1v) is 10.6. The molecule has 11 heteroatoms. The molecule has 0 radical (unpaired) electrons. The highest BCUT2D eigenvalue weighted by Gasteiger charge is 2.26. The molecule has 1 unspecified atom stereocenters. The number of esters is 1. The average Bonchev–Trinajstić information content (AvgIpc) is 2.87. The Morgan fingerprint density at radius 2 is 1.77 bits per heavy atom. The molecule has 0 aliphatic heterocycles. The van der Waals surface area contributed by atoms with Gasteiger partial charge in [0.15, 0.2) is 0 Å². The zero-order valence-electron chi connectivity index (χ0n) is 18.4. The van der Waals surface area contributed by atoms with E-state index in [9.17, 15) is 24.5 Å². The molecule has 3 aromatic rings. The maximum absolute atomic E-state index is 13.0. The minimum absolute atomic E-state index is 0.0918. The Bertz CT molecular complexity index is 1250. The molecule has 180 valence electrons. The van der Waals surface area contributed by atoms with E-state index >= 15 is 0 Å². The maximum Gasteiger partial charge on any atom is 0.326 e. The number of carbonyl (C=O) groups is 3. The molecule has 0 heterocycles. The third kappa shape index (κ3) is 6.78. The predicted molar refractivity (Wildman–Crippen MR) is 127 cm³/mol. The zero-order valence-corrected chi connectivity index (χ0v) is 19.2. The van der Waals surface area contributed by atoms with Crippen LogP contribution in [0.3, 0.4) is 0 Å². The smallest absolute Gasteiger partial charge is 0.326 e. The van der Waals surface area contributed by atoms with Gasteiger partial charge in [-0.15, -0.1) is 0 Å². The van der Waals surface area contributed by atoms with E-state index in [1.807, 2.05) is 0 Å². The second-order valence-electron chi connectivity index (χ2n) is 7.11. The number of rotatable bonds is 9. The molecule has 10 nitrogen and oxygen atoms in total. The molecule has 0 spiro atoms. The summed E-state index contributed by atoms with van der Waals surface area (Å²) in [5.74, 6) is -1.67. The summed E-state index contributed by atoms with van der Waals surface area (Å²) in [7, 11) is 1.46. The molecule has 3 rings (SSSR count). The zero-order chi connectivity index (χ0) is 25.4. The molecule has 0 aliphatic rings. The van der Waals surface area contributed by atoms with Gasteiger partial charge in [-0.1, -0.05) is 48.0 Å². The van der Waals surface area contributed by atoms with Crippen molar-refractivity contribution in [3.05, 3.63) is 99.1 Å². The lowest BCUT2D eigenvalue weighted by Gasteiger charge is -2.18. The Kier molecular flexibility index (Phi) is 8.36. The van der Waals surface area contributed by atoms with E-state index in [0.717, 1.165) is 6.07 Å². The van der Waals surface area contributed by atoms with Crippen LogP contribution in [0.4, 0.5) is 11.4 Å². The summed E-state index contributed by atoms with van der Waals surface area (Å²) in [5, 5.41) is 16.0. The lowest BCUT2D eigenvalue weighted by Crippen LogP contribution is -2.33. The maximum atomic E-state index is 13.0. The number of anilines is 1. The van der Waals surface area contributed by atoms with E-state index in [1.54, 1.807) is 48.5 Å². The number of nitro groups is 1. The SMILES string of the molecule is COc1cccc(C(=O)NCC(=O)OC(C(=O)Nc2ccc(Cl)c([N+](=O)[O-])c2)c2ccccc2)c1. The van der Waals surface area contributed by atoms with Crippen molar-refractivity contribution >= 4 is 40.8 Å². The third-order valence-electron chi connectivity index (χ3n) is 4.73. The Hall–Kier alpha value is -4.44. The van der Waals surface area contributed by atoms with Gasteiger partial charge in [0.25, 0.3) is 17.5 Å². The molecule has 2 N–H and O–H groups in total. The van der Waals surface area contributed by atoms with Crippen molar-refractivity contribution in [1.82, 2.24) is 5.32 Å². The summed E-state index contributed by atoms with van der Waals surface area (Å²) in [6.45, 7) is -0.501. The van der Waals surface area contributed by atoms with Gasteiger partial charge in [0, 0.05) is 22.9 Å². The number of nitrogens with zero attached hydrogens (tertiary/aromatic N) is 1. The Labute approximate surface area is 205 Å². The summed E-state index contributed by atoms with van der Waals surface area (Å²) in [4.78, 5) is 48.2. The van der Waals surface area contributed by atoms with Crippen LogP contribution in [0.25, 0.3) is 0 Å². The summed E-state index contributed by atoms with van der Waals surface area (Å²) in [6.07, 6.45) is -1.38. The molecule has 0 saturated carbocycles. The van der Waals surface area contributed by atoms with Crippen LogP contribution in [0, 0.1) is 10.1 Å². The lowest BCUT2D eigenvalue weighted by molar-refractivity contribution is -0.384. The van der Waals surface area contributed by atoms with E-state index in [2.05, 4.69) is 10.6 Å². The summed E-state index contributed by atoms with van der Waals surface area (Å²) < 4.78 is 10.4. The molecule has 0 aromatic heterocycles. The number of nitrogens with one attached hydrogen (secondary N) is 2. The normalized spacial score (nSPS) is 11.1. The molecule has 0 fully saturated rings. The fourth-order valence-electron chi connectivity index (χ4n) is 3.03. The molecule has 0 bridgehead atoms. The number of nitro benzene ring substituents is 1. The van der Waals surface area contributed by atoms with Gasteiger partial charge in [-0.3, -0.25) is 24.5 Å². The van der Waals surface area contributed by atoms with Gasteiger partial charge in [0.05, 0.1) is 12.0 Å². The van der Waals surface area contributed by atoms with Gasteiger partial charge >= 0.3 is 5.97 Å². The average molecular weight is 498 g/mol. The number of halogens is 1. The number of ether oxygens (including phenoxy) is 2. The number of methoxy groups -OCH3 is 1. The van der Waals surface area contributed by atoms with Crippen LogP contribution in [0.2, 0.25) is 5.02 Å². The van der Waals surface area contributed by atoms with Gasteiger partial charge in [-0.05, 0) is 30.3 Å². The van der Waals surface area contributed by atoms with Crippen molar-refractivity contribution in [2.24, 2.45) is 0 Å². The number of hydrogen-bond acceptors (Lipinski definition) is 7. The van der Waals surface area contributed by atoms with Crippen molar-refractivity contribution in [3.8, 4) is 5.75 Å². The first-order chi connectivity index (χ1) is 16.8. The Morgan fingerprint density at radius 1 is 1.03 bits per heavy atom. The van der Waals surface area contributed by atoms with Crippen LogP contribution in [0.1, 0.15) is 22.0 Å². The molecule has 2 amide bonds. The van der Waals surface area contributed by atoms with Gasteiger partial charge in [-0.25, -0.2) is 0 Å². The minimum atomic E-state index is -1.38. The number of benzene rings is 3. The summed E-state index contributed by atoms with van der Waals surface area (Å²) in [6, 6.07) is 18.3. The van der Waals surface area contributed by atoms with Gasteiger partial charge < -0.3 is 20.1 Å². The summed E-state index contributed by atoms with van der Waals surface area (Å²) in [5.41, 5.74) is 0.340. The first-order valence-electron chi connectivity index (χ1n) is 10.2. The van der Waals surface area contributed by atoms with Crippen LogP contribution in [0.15, 0.2) is 72.8 Å². The summed E-state index contributed by atoms with van der Waals surface area (Å²) >= 11 is 5.81. The molecule has 0 aliphatic carbocycles. The van der Waals surface area contributed by atoms with Gasteiger partial charge in [0.2, 0.25) is 6.10 Å². The molecule has 35 heavy (non-hydrogen) atoms. The Morgan fingerprint density at radius 3 is 2.46 bits per heavy atom. The van der Waals surface area contributed by atoms with Crippen molar-refractivity contribution < 1.29 is 28.8 Å². The van der Waals surface area contributed by atoms with Crippen LogP contribution in [-0.2, 0) is 14.3 Å². The molecular weight excluding hydrogens is 478 g/mol. The van der Waals surface area contributed by atoms with Crippen LogP contribution in [0.5, 0.6) is 5.75 Å². The Balaban J connectivity index is 1.71. The van der Waals surface area contributed by atoms with E-state index < -0.39 is 41.0 Å². The third-order valence-corrected chi connectivity index (χ3v) is 5.04. The highest BCUT2D eigenvalue weighted by molar-refractivity contribution is 6.32. The second kappa shape index (κ2) is 11.6. The molecule has 3 aromatic carbocycles. The van der Waals surface area contributed by atoms with Crippen molar-refractivity contribution in [3.63, 3.8) is 0 Å². The number of carbonyl (C=O) groups excluding carboxylic acids is 3. The fraction of sp³-hybridized carbons (Fsp3) is 0.125.